The molecule has 0 amide bonds. The van der Waals surface area contributed by atoms with Crippen molar-refractivity contribution in [1.29, 1.82) is 0 Å². The molecule has 0 saturated carbocycles. The highest BCUT2D eigenvalue weighted by Crippen LogP contribution is 2.20. The maximum atomic E-state index is 5.59. The maximum Gasteiger partial charge on any atom is 0.0701 e. The van der Waals surface area contributed by atoms with E-state index < -0.39 is 0 Å². The van der Waals surface area contributed by atoms with Crippen molar-refractivity contribution in [1.82, 2.24) is 5.32 Å². The number of ether oxygens (including phenoxy) is 2. The lowest BCUT2D eigenvalue weighted by atomic mass is 9.91. The van der Waals surface area contributed by atoms with Gasteiger partial charge in [-0.2, -0.15) is 0 Å². The van der Waals surface area contributed by atoms with E-state index in [-0.39, 0.29) is 0 Å². The van der Waals surface area contributed by atoms with E-state index in [0.717, 1.165) is 32.7 Å². The Bertz CT molecular complexity index is 420. The molecule has 0 atom stereocenters. The van der Waals surface area contributed by atoms with Crippen LogP contribution >= 0.6 is 0 Å². The van der Waals surface area contributed by atoms with Crippen LogP contribution in [0, 0.1) is 5.41 Å². The predicted molar refractivity (Wildman–Crippen MR) is 103 cm³/mol. The molecule has 1 N–H and O–H groups in total. The largest absolute Gasteiger partial charge is 0.379 e. The van der Waals surface area contributed by atoms with Gasteiger partial charge in [-0.15, -0.1) is 0 Å². The smallest absolute Gasteiger partial charge is 0.0701 e. The Morgan fingerprint density at radius 2 is 1.54 bits per heavy atom. The second-order valence-electron chi connectivity index (χ2n) is 7.96. The molecule has 0 aliphatic heterocycles. The molecule has 0 aliphatic carbocycles. The van der Waals surface area contributed by atoms with Gasteiger partial charge in [-0.05, 0) is 35.3 Å². The molecule has 0 spiro atoms. The molecule has 1 aromatic carbocycles. The first-order valence-corrected chi connectivity index (χ1v) is 9.33. The molecule has 0 fully saturated rings. The zero-order valence-electron chi connectivity index (χ0n) is 16.4. The van der Waals surface area contributed by atoms with Gasteiger partial charge < -0.3 is 14.8 Å². The van der Waals surface area contributed by atoms with Gasteiger partial charge in [-0.25, -0.2) is 0 Å². The van der Waals surface area contributed by atoms with Gasteiger partial charge >= 0.3 is 0 Å². The SMILES string of the molecule is CC(C)c1ccc(CNCCOCCOCCCC(C)(C)C)cc1. The van der Waals surface area contributed by atoms with Gasteiger partial charge in [-0.3, -0.25) is 0 Å². The monoisotopic (exact) mass is 335 g/mol. The number of rotatable bonds is 12. The van der Waals surface area contributed by atoms with Gasteiger partial charge in [0.2, 0.25) is 0 Å². The summed E-state index contributed by atoms with van der Waals surface area (Å²) in [7, 11) is 0. The van der Waals surface area contributed by atoms with Crippen molar-refractivity contribution in [3.63, 3.8) is 0 Å². The summed E-state index contributed by atoms with van der Waals surface area (Å²) in [5.74, 6) is 0.594. The standard InChI is InChI=1S/C21H37NO2/c1-18(2)20-9-7-19(8-10-20)17-22-12-14-24-16-15-23-13-6-11-21(3,4)5/h7-10,18,22H,6,11-17H2,1-5H3. The van der Waals surface area contributed by atoms with Gasteiger partial charge in [0.05, 0.1) is 19.8 Å². The summed E-state index contributed by atoms with van der Waals surface area (Å²) < 4.78 is 11.2. The van der Waals surface area contributed by atoms with E-state index in [0.29, 0.717) is 24.5 Å². The lowest BCUT2D eigenvalue weighted by Gasteiger charge is -2.17. The summed E-state index contributed by atoms with van der Waals surface area (Å²) >= 11 is 0. The molecule has 0 unspecified atom stereocenters. The van der Waals surface area contributed by atoms with Crippen LogP contribution < -0.4 is 5.32 Å². The summed E-state index contributed by atoms with van der Waals surface area (Å²) in [5.41, 5.74) is 3.12. The molecule has 0 aromatic heterocycles. The summed E-state index contributed by atoms with van der Waals surface area (Å²) in [5, 5.41) is 3.41. The van der Waals surface area contributed by atoms with Gasteiger partial charge in [0.15, 0.2) is 0 Å². The Kier molecular flexibility index (Phi) is 10.2. The summed E-state index contributed by atoms with van der Waals surface area (Å²) in [6.07, 6.45) is 2.33. The molecule has 138 valence electrons. The van der Waals surface area contributed by atoms with E-state index in [2.05, 4.69) is 64.2 Å². The minimum Gasteiger partial charge on any atom is -0.379 e. The molecular weight excluding hydrogens is 298 g/mol. The van der Waals surface area contributed by atoms with Crippen LogP contribution in [-0.4, -0.2) is 33.0 Å². The van der Waals surface area contributed by atoms with Crippen LogP contribution in [0.4, 0.5) is 0 Å². The summed E-state index contributed by atoms with van der Waals surface area (Å²) in [6.45, 7) is 16.0. The highest BCUT2D eigenvalue weighted by Gasteiger charge is 2.08. The molecule has 0 aliphatic rings. The van der Waals surface area contributed by atoms with Crippen LogP contribution in [0.25, 0.3) is 0 Å². The molecule has 3 nitrogen and oxygen atoms in total. The topological polar surface area (TPSA) is 30.5 Å². The highest BCUT2D eigenvalue weighted by atomic mass is 16.5. The first kappa shape index (κ1) is 21.1. The van der Waals surface area contributed by atoms with Crippen molar-refractivity contribution in [2.45, 2.75) is 59.9 Å². The van der Waals surface area contributed by atoms with Crippen LogP contribution in [0.2, 0.25) is 0 Å². The molecular formula is C21H37NO2. The van der Waals surface area contributed by atoms with E-state index in [1.807, 2.05) is 0 Å². The third-order valence-electron chi connectivity index (χ3n) is 3.99. The zero-order chi connectivity index (χ0) is 17.8. The van der Waals surface area contributed by atoms with Crippen molar-refractivity contribution in [2.24, 2.45) is 5.41 Å². The maximum absolute atomic E-state index is 5.59. The minimum absolute atomic E-state index is 0.403. The van der Waals surface area contributed by atoms with Crippen LogP contribution in [0.5, 0.6) is 0 Å². The van der Waals surface area contributed by atoms with E-state index in [9.17, 15) is 0 Å². The second-order valence-corrected chi connectivity index (χ2v) is 7.96. The Hall–Kier alpha value is -0.900. The van der Waals surface area contributed by atoms with Crippen molar-refractivity contribution in [3.05, 3.63) is 35.4 Å². The average molecular weight is 336 g/mol. The average Bonchev–Trinajstić information content (AvgIpc) is 2.52. The van der Waals surface area contributed by atoms with E-state index >= 15 is 0 Å². The van der Waals surface area contributed by atoms with Crippen molar-refractivity contribution >= 4 is 0 Å². The van der Waals surface area contributed by atoms with Crippen LogP contribution in [0.3, 0.4) is 0 Å². The highest BCUT2D eigenvalue weighted by molar-refractivity contribution is 5.24. The van der Waals surface area contributed by atoms with Gasteiger partial charge in [-0.1, -0.05) is 58.9 Å². The Morgan fingerprint density at radius 1 is 0.917 bits per heavy atom. The third kappa shape index (κ3) is 10.8. The zero-order valence-corrected chi connectivity index (χ0v) is 16.4. The van der Waals surface area contributed by atoms with Crippen LogP contribution in [0.1, 0.15) is 64.5 Å². The molecule has 1 rings (SSSR count). The molecule has 3 heteroatoms. The Labute approximate surface area is 149 Å². The number of hydrogen-bond acceptors (Lipinski definition) is 3. The molecule has 0 radical (unpaired) electrons. The number of benzene rings is 1. The Morgan fingerprint density at radius 3 is 2.12 bits per heavy atom. The second kappa shape index (κ2) is 11.6. The number of hydrogen-bond donors (Lipinski definition) is 1. The Balaban J connectivity index is 1.92. The molecule has 1 aromatic rings. The van der Waals surface area contributed by atoms with Crippen LogP contribution in [-0.2, 0) is 16.0 Å². The fourth-order valence-corrected chi connectivity index (χ4v) is 2.42. The molecule has 0 heterocycles. The number of nitrogens with one attached hydrogen (secondary N) is 1. The van der Waals surface area contributed by atoms with Gasteiger partial charge in [0.1, 0.15) is 0 Å². The first-order valence-electron chi connectivity index (χ1n) is 9.33. The van der Waals surface area contributed by atoms with E-state index in [1.54, 1.807) is 0 Å². The molecule has 0 saturated heterocycles. The quantitative estimate of drug-likeness (QED) is 0.559. The fourth-order valence-electron chi connectivity index (χ4n) is 2.42. The minimum atomic E-state index is 0.403. The summed E-state index contributed by atoms with van der Waals surface area (Å²) in [6, 6.07) is 8.84. The molecule has 24 heavy (non-hydrogen) atoms. The summed E-state index contributed by atoms with van der Waals surface area (Å²) in [4.78, 5) is 0. The fraction of sp³-hybridized carbons (Fsp3) is 0.714. The van der Waals surface area contributed by atoms with Crippen molar-refractivity contribution in [3.8, 4) is 0 Å². The normalized spacial score (nSPS) is 12.1. The first-order chi connectivity index (χ1) is 11.4. The lowest BCUT2D eigenvalue weighted by molar-refractivity contribution is 0.0452. The van der Waals surface area contributed by atoms with E-state index in [4.69, 9.17) is 9.47 Å². The van der Waals surface area contributed by atoms with Crippen molar-refractivity contribution in [2.75, 3.05) is 33.0 Å². The van der Waals surface area contributed by atoms with Crippen molar-refractivity contribution < 1.29 is 9.47 Å². The van der Waals surface area contributed by atoms with Gasteiger partial charge in [0, 0.05) is 19.7 Å². The van der Waals surface area contributed by atoms with E-state index in [1.165, 1.54) is 17.5 Å². The van der Waals surface area contributed by atoms with Crippen LogP contribution in [0.15, 0.2) is 24.3 Å². The van der Waals surface area contributed by atoms with Gasteiger partial charge in [0.25, 0.3) is 0 Å². The molecule has 0 bridgehead atoms. The third-order valence-corrected chi connectivity index (χ3v) is 3.99. The lowest BCUT2D eigenvalue weighted by Crippen LogP contribution is -2.20. The predicted octanol–water partition coefficient (Wildman–Crippen LogP) is 4.76.